The number of nitrogens with two attached hydrogens (primary N) is 1. The molecule has 0 aromatic rings. The predicted octanol–water partition coefficient (Wildman–Crippen LogP) is 2.11. The Morgan fingerprint density at radius 2 is 2.40 bits per heavy atom. The topological polar surface area (TPSA) is 50.4 Å². The first-order chi connectivity index (χ1) is 7.00. The number of allylic oxidation sites excluding steroid dienone is 3. The molecule has 0 radical (unpaired) electrons. The maximum absolute atomic E-state index is 5.33. The van der Waals surface area contributed by atoms with Crippen LogP contribution in [-0.4, -0.2) is 10.8 Å². The van der Waals surface area contributed by atoms with Gasteiger partial charge in [-0.2, -0.15) is 5.10 Å². The summed E-state index contributed by atoms with van der Waals surface area (Å²) in [6.45, 7) is 8.08. The third-order valence-corrected chi connectivity index (χ3v) is 2.69. The van der Waals surface area contributed by atoms with Crippen LogP contribution in [0, 0.1) is 5.92 Å². The van der Waals surface area contributed by atoms with E-state index in [0.29, 0.717) is 5.92 Å². The highest BCUT2D eigenvalue weighted by molar-refractivity contribution is 7.80. The average Bonchev–Trinajstić information content (AvgIpc) is 2.16. The van der Waals surface area contributed by atoms with Gasteiger partial charge in [0.15, 0.2) is 5.11 Å². The molecule has 1 aliphatic carbocycles. The summed E-state index contributed by atoms with van der Waals surface area (Å²) in [5.74, 6) is 0.487. The lowest BCUT2D eigenvalue weighted by molar-refractivity contribution is 0.637. The van der Waals surface area contributed by atoms with Crippen molar-refractivity contribution >= 4 is 23.0 Å². The second-order valence-corrected chi connectivity index (χ2v) is 4.34. The first-order valence-electron chi connectivity index (χ1n) is 4.95. The van der Waals surface area contributed by atoms with Gasteiger partial charge in [0.25, 0.3) is 0 Å². The molecule has 0 aromatic heterocycles. The molecule has 0 aromatic carbocycles. The van der Waals surface area contributed by atoms with E-state index in [1.807, 2.05) is 0 Å². The fourth-order valence-corrected chi connectivity index (χ4v) is 1.59. The summed E-state index contributed by atoms with van der Waals surface area (Å²) in [4.78, 5) is 0. The number of hydrazone groups is 1. The van der Waals surface area contributed by atoms with E-state index in [2.05, 4.69) is 37.0 Å². The van der Waals surface area contributed by atoms with E-state index < -0.39 is 0 Å². The lowest BCUT2D eigenvalue weighted by atomic mass is 9.85. The Balaban J connectivity index is 2.75. The quantitative estimate of drug-likeness (QED) is 0.428. The van der Waals surface area contributed by atoms with E-state index in [9.17, 15) is 0 Å². The molecule has 1 aliphatic rings. The van der Waals surface area contributed by atoms with E-state index in [1.165, 1.54) is 11.1 Å². The van der Waals surface area contributed by atoms with E-state index >= 15 is 0 Å². The highest BCUT2D eigenvalue weighted by Gasteiger charge is 2.18. The Morgan fingerprint density at radius 1 is 1.73 bits per heavy atom. The summed E-state index contributed by atoms with van der Waals surface area (Å²) in [6, 6.07) is 0. The molecule has 0 saturated carbocycles. The van der Waals surface area contributed by atoms with Gasteiger partial charge in [0.05, 0.1) is 5.71 Å². The molecular weight excluding hydrogens is 206 g/mol. The van der Waals surface area contributed by atoms with Gasteiger partial charge >= 0.3 is 0 Å². The van der Waals surface area contributed by atoms with Crippen LogP contribution in [0.2, 0.25) is 0 Å². The normalized spacial score (nSPS) is 23.5. The lowest BCUT2D eigenvalue weighted by Crippen LogP contribution is -2.27. The van der Waals surface area contributed by atoms with Crippen LogP contribution in [0.25, 0.3) is 0 Å². The summed E-state index contributed by atoms with van der Waals surface area (Å²) in [5, 5.41) is 4.39. The summed E-state index contributed by atoms with van der Waals surface area (Å²) < 4.78 is 0. The molecule has 1 atom stereocenters. The van der Waals surface area contributed by atoms with Gasteiger partial charge in [0, 0.05) is 0 Å². The Kier molecular flexibility index (Phi) is 4.03. The van der Waals surface area contributed by atoms with Gasteiger partial charge in [0.2, 0.25) is 0 Å². The summed E-state index contributed by atoms with van der Waals surface area (Å²) in [7, 11) is 0. The van der Waals surface area contributed by atoms with Gasteiger partial charge in [-0.05, 0) is 50.4 Å². The van der Waals surface area contributed by atoms with E-state index in [1.54, 1.807) is 0 Å². The molecule has 0 heterocycles. The van der Waals surface area contributed by atoms with Crippen LogP contribution in [0.5, 0.6) is 0 Å². The zero-order chi connectivity index (χ0) is 11.4. The Morgan fingerprint density at radius 3 is 2.93 bits per heavy atom. The summed E-state index contributed by atoms with van der Waals surface area (Å²) >= 11 is 4.71. The molecule has 3 nitrogen and oxygen atoms in total. The van der Waals surface area contributed by atoms with E-state index in [0.717, 1.165) is 18.6 Å². The van der Waals surface area contributed by atoms with Crippen LogP contribution >= 0.6 is 12.2 Å². The monoisotopic (exact) mass is 223 g/mol. The Bertz CT molecular complexity index is 342. The van der Waals surface area contributed by atoms with Gasteiger partial charge in [-0.3, -0.25) is 5.43 Å². The fraction of sp³-hybridized carbons (Fsp3) is 0.455. The average molecular weight is 223 g/mol. The highest BCUT2D eigenvalue weighted by atomic mass is 32.1. The number of hydrogen-bond donors (Lipinski definition) is 2. The minimum atomic E-state index is 0.202. The summed E-state index contributed by atoms with van der Waals surface area (Å²) in [5.41, 5.74) is 11.4. The Labute approximate surface area is 96.1 Å². The molecule has 0 saturated heterocycles. The second kappa shape index (κ2) is 5.07. The predicted molar refractivity (Wildman–Crippen MR) is 68.7 cm³/mol. The molecular formula is C11H17N3S. The van der Waals surface area contributed by atoms with Crippen LogP contribution in [-0.2, 0) is 0 Å². The minimum absolute atomic E-state index is 0.202. The standard InChI is InChI=1S/C11H17N3S/c1-7(2)9-5-4-8(3)10(6-9)13-14-11(12)15/h4,9H,1,5-6H2,2-3H3,(H3,12,14,15)/b13-10-/t9-/m1/s1. The molecule has 0 aliphatic heterocycles. The van der Waals surface area contributed by atoms with Crippen molar-refractivity contribution in [2.45, 2.75) is 26.7 Å². The van der Waals surface area contributed by atoms with Crippen molar-refractivity contribution in [3.63, 3.8) is 0 Å². The molecule has 0 amide bonds. The summed E-state index contributed by atoms with van der Waals surface area (Å²) in [6.07, 6.45) is 4.14. The van der Waals surface area contributed by atoms with Crippen LogP contribution < -0.4 is 11.2 Å². The number of thiocarbonyl (C=S) groups is 1. The van der Waals surface area contributed by atoms with Crippen molar-refractivity contribution in [1.82, 2.24) is 5.43 Å². The molecule has 0 bridgehead atoms. The molecule has 82 valence electrons. The number of nitrogens with zero attached hydrogens (tertiary/aromatic N) is 1. The smallest absolute Gasteiger partial charge is 0.184 e. The van der Waals surface area contributed by atoms with Crippen molar-refractivity contribution < 1.29 is 0 Å². The highest BCUT2D eigenvalue weighted by Crippen LogP contribution is 2.26. The van der Waals surface area contributed by atoms with Crippen LogP contribution in [0.1, 0.15) is 26.7 Å². The molecule has 0 spiro atoms. The van der Waals surface area contributed by atoms with Crippen LogP contribution in [0.3, 0.4) is 0 Å². The first-order valence-corrected chi connectivity index (χ1v) is 5.36. The zero-order valence-corrected chi connectivity index (χ0v) is 10.0. The largest absolute Gasteiger partial charge is 0.375 e. The SMILES string of the molecule is C=C(C)[C@@H]1CC=C(C)/C(=N\NC(N)=S)C1. The first kappa shape index (κ1) is 11.9. The molecule has 0 fully saturated rings. The van der Waals surface area contributed by atoms with Crippen molar-refractivity contribution in [2.24, 2.45) is 16.8 Å². The van der Waals surface area contributed by atoms with E-state index in [-0.39, 0.29) is 5.11 Å². The second-order valence-electron chi connectivity index (χ2n) is 3.90. The lowest BCUT2D eigenvalue weighted by Gasteiger charge is -2.22. The minimum Gasteiger partial charge on any atom is -0.375 e. The fourth-order valence-electron chi connectivity index (χ4n) is 1.55. The van der Waals surface area contributed by atoms with Crippen LogP contribution in [0.4, 0.5) is 0 Å². The molecule has 3 N–H and O–H groups in total. The van der Waals surface area contributed by atoms with Gasteiger partial charge in [-0.25, -0.2) is 0 Å². The van der Waals surface area contributed by atoms with Crippen molar-refractivity contribution in [1.29, 1.82) is 0 Å². The molecule has 1 rings (SSSR count). The van der Waals surface area contributed by atoms with Crippen molar-refractivity contribution in [3.8, 4) is 0 Å². The van der Waals surface area contributed by atoms with Crippen LogP contribution in [0.15, 0.2) is 28.9 Å². The van der Waals surface area contributed by atoms with Gasteiger partial charge in [-0.15, -0.1) is 0 Å². The van der Waals surface area contributed by atoms with Gasteiger partial charge < -0.3 is 5.73 Å². The van der Waals surface area contributed by atoms with Crippen molar-refractivity contribution in [3.05, 3.63) is 23.8 Å². The van der Waals surface area contributed by atoms with Gasteiger partial charge in [-0.1, -0.05) is 18.2 Å². The molecule has 0 unspecified atom stereocenters. The van der Waals surface area contributed by atoms with Gasteiger partial charge in [0.1, 0.15) is 0 Å². The molecule has 4 heteroatoms. The third kappa shape index (κ3) is 3.47. The Hall–Kier alpha value is -1.16. The number of hydrogen-bond acceptors (Lipinski definition) is 2. The maximum atomic E-state index is 5.33. The number of nitrogens with one attached hydrogen (secondary N) is 1. The molecule has 15 heavy (non-hydrogen) atoms. The van der Waals surface area contributed by atoms with Crippen molar-refractivity contribution in [2.75, 3.05) is 0 Å². The number of rotatable bonds is 2. The maximum Gasteiger partial charge on any atom is 0.184 e. The van der Waals surface area contributed by atoms with E-state index in [4.69, 9.17) is 18.0 Å². The third-order valence-electron chi connectivity index (χ3n) is 2.60. The zero-order valence-electron chi connectivity index (χ0n) is 9.21.